The molecule has 1 fully saturated rings. The number of fused-ring (bicyclic) bond motifs is 1. The molecule has 1 aliphatic heterocycles. The van der Waals surface area contributed by atoms with Gasteiger partial charge in [0.05, 0.1) is 29.6 Å². The van der Waals surface area contributed by atoms with Crippen molar-refractivity contribution < 1.29 is 33.3 Å². The van der Waals surface area contributed by atoms with Gasteiger partial charge >= 0.3 is 5.97 Å². The molecular formula is C27H24BrNO7S. The Morgan fingerprint density at radius 2 is 1.84 bits per heavy atom. The van der Waals surface area contributed by atoms with Crippen molar-refractivity contribution in [2.75, 3.05) is 33.5 Å². The molecule has 1 aliphatic rings. The number of thioether (sulfide) groups is 1. The van der Waals surface area contributed by atoms with Crippen molar-refractivity contribution in [3.8, 4) is 17.2 Å². The van der Waals surface area contributed by atoms with Gasteiger partial charge in [-0.05, 0) is 69.8 Å². The zero-order valence-electron chi connectivity index (χ0n) is 20.2. The van der Waals surface area contributed by atoms with Gasteiger partial charge in [-0.15, -0.1) is 0 Å². The maximum Gasteiger partial charge on any atom is 0.344 e. The number of methoxy groups -OCH3 is 1. The third kappa shape index (κ3) is 6.26. The lowest BCUT2D eigenvalue weighted by atomic mass is 10.1. The van der Waals surface area contributed by atoms with Crippen molar-refractivity contribution in [2.45, 2.75) is 6.92 Å². The highest BCUT2D eigenvalue weighted by Crippen LogP contribution is 2.39. The number of hydrogen-bond donors (Lipinski definition) is 0. The zero-order chi connectivity index (χ0) is 26.4. The van der Waals surface area contributed by atoms with Gasteiger partial charge in [0.25, 0.3) is 11.1 Å². The fourth-order valence-electron chi connectivity index (χ4n) is 3.71. The molecule has 4 rings (SSSR count). The van der Waals surface area contributed by atoms with Crippen LogP contribution in [0.25, 0.3) is 16.8 Å². The summed E-state index contributed by atoms with van der Waals surface area (Å²) in [5.74, 6) is 0.481. The largest absolute Gasteiger partial charge is 0.493 e. The summed E-state index contributed by atoms with van der Waals surface area (Å²) < 4.78 is 22.2. The highest BCUT2D eigenvalue weighted by Gasteiger charge is 2.35. The van der Waals surface area contributed by atoms with E-state index in [1.807, 2.05) is 42.5 Å². The second-order valence-electron chi connectivity index (χ2n) is 7.79. The van der Waals surface area contributed by atoms with Crippen molar-refractivity contribution in [3.05, 3.63) is 69.5 Å². The Hall–Kier alpha value is -3.50. The van der Waals surface area contributed by atoms with Crippen LogP contribution in [0.4, 0.5) is 4.79 Å². The van der Waals surface area contributed by atoms with Crippen LogP contribution in [-0.2, 0) is 14.3 Å². The van der Waals surface area contributed by atoms with Gasteiger partial charge < -0.3 is 18.9 Å². The number of nitrogens with zero attached hydrogens (tertiary/aromatic N) is 1. The Bertz CT molecular complexity index is 1370. The Kier molecular flexibility index (Phi) is 8.73. The van der Waals surface area contributed by atoms with Crippen LogP contribution in [0.2, 0.25) is 0 Å². The van der Waals surface area contributed by atoms with Crippen LogP contribution >= 0.6 is 27.7 Å². The SMILES string of the molecule is CCOC(=O)COc1c(Br)cc(/C=C2\SC(=O)N(CCOc3cccc4ccccc34)C2=O)cc1OC. The Morgan fingerprint density at radius 1 is 1.05 bits per heavy atom. The topological polar surface area (TPSA) is 91.4 Å². The van der Waals surface area contributed by atoms with Crippen molar-refractivity contribution in [2.24, 2.45) is 0 Å². The van der Waals surface area contributed by atoms with Crippen LogP contribution in [-0.4, -0.2) is 55.5 Å². The van der Waals surface area contributed by atoms with E-state index in [1.165, 1.54) is 12.0 Å². The van der Waals surface area contributed by atoms with Gasteiger partial charge in [0.1, 0.15) is 12.4 Å². The number of hydrogen-bond acceptors (Lipinski definition) is 8. The molecule has 0 spiro atoms. The summed E-state index contributed by atoms with van der Waals surface area (Å²) in [7, 11) is 1.46. The van der Waals surface area contributed by atoms with E-state index in [2.05, 4.69) is 15.9 Å². The number of imide groups is 1. The summed E-state index contributed by atoms with van der Waals surface area (Å²) in [4.78, 5) is 38.6. The number of rotatable bonds is 10. The molecule has 0 bridgehead atoms. The van der Waals surface area contributed by atoms with Crippen molar-refractivity contribution in [1.82, 2.24) is 4.90 Å². The molecule has 2 amide bonds. The predicted molar refractivity (Wildman–Crippen MR) is 145 cm³/mol. The smallest absolute Gasteiger partial charge is 0.344 e. The number of ether oxygens (including phenoxy) is 4. The average Bonchev–Trinajstić information content (AvgIpc) is 3.15. The summed E-state index contributed by atoms with van der Waals surface area (Å²) in [5, 5.41) is 1.65. The molecule has 8 nitrogen and oxygen atoms in total. The molecule has 0 atom stereocenters. The molecule has 0 unspecified atom stereocenters. The van der Waals surface area contributed by atoms with E-state index in [-0.39, 0.29) is 36.5 Å². The van der Waals surface area contributed by atoms with Crippen LogP contribution in [0.3, 0.4) is 0 Å². The van der Waals surface area contributed by atoms with E-state index in [0.717, 1.165) is 22.5 Å². The minimum atomic E-state index is -0.501. The van der Waals surface area contributed by atoms with E-state index >= 15 is 0 Å². The third-order valence-electron chi connectivity index (χ3n) is 5.38. The average molecular weight is 586 g/mol. The van der Waals surface area contributed by atoms with Gasteiger partial charge in [0.15, 0.2) is 18.1 Å². The van der Waals surface area contributed by atoms with Gasteiger partial charge in [-0.2, -0.15) is 0 Å². The number of esters is 1. The Balaban J connectivity index is 1.43. The van der Waals surface area contributed by atoms with Crippen molar-refractivity contribution in [3.63, 3.8) is 0 Å². The van der Waals surface area contributed by atoms with Gasteiger partial charge in [-0.3, -0.25) is 14.5 Å². The monoisotopic (exact) mass is 585 g/mol. The van der Waals surface area contributed by atoms with Gasteiger partial charge in [-0.25, -0.2) is 4.79 Å². The first-order valence-electron chi connectivity index (χ1n) is 11.4. The lowest BCUT2D eigenvalue weighted by Crippen LogP contribution is -2.32. The minimum Gasteiger partial charge on any atom is -0.493 e. The van der Waals surface area contributed by atoms with Crippen LogP contribution in [0.5, 0.6) is 17.2 Å². The van der Waals surface area contributed by atoms with Crippen LogP contribution < -0.4 is 14.2 Å². The summed E-state index contributed by atoms with van der Waals surface area (Å²) in [6.45, 7) is 1.98. The molecule has 1 heterocycles. The molecule has 1 saturated heterocycles. The lowest BCUT2D eigenvalue weighted by Gasteiger charge is -2.14. The van der Waals surface area contributed by atoms with E-state index in [9.17, 15) is 14.4 Å². The molecule has 0 N–H and O–H groups in total. The maximum absolute atomic E-state index is 13.0. The molecular weight excluding hydrogens is 562 g/mol. The highest BCUT2D eigenvalue weighted by molar-refractivity contribution is 9.10. The molecule has 3 aromatic carbocycles. The van der Waals surface area contributed by atoms with E-state index in [1.54, 1.807) is 25.1 Å². The first-order chi connectivity index (χ1) is 17.9. The summed E-state index contributed by atoms with van der Waals surface area (Å²) in [6.07, 6.45) is 1.61. The fourth-order valence-corrected chi connectivity index (χ4v) is 5.15. The number of amides is 2. The maximum atomic E-state index is 13.0. The number of carbonyl (C=O) groups is 3. The number of halogens is 1. The molecule has 10 heteroatoms. The summed E-state index contributed by atoms with van der Waals surface area (Å²) >= 11 is 4.28. The molecule has 0 aromatic heterocycles. The molecule has 0 aliphatic carbocycles. The minimum absolute atomic E-state index is 0.124. The van der Waals surface area contributed by atoms with Gasteiger partial charge in [0.2, 0.25) is 0 Å². The van der Waals surface area contributed by atoms with Crippen LogP contribution in [0.15, 0.2) is 64.0 Å². The standard InChI is InChI=1S/C27H24BrNO7S/c1-3-34-24(30)16-36-25-20(28)13-17(14-22(25)33-2)15-23-26(31)29(27(32)37-23)11-12-35-21-10-6-8-18-7-4-5-9-19(18)21/h4-10,13-15H,3,11-12,16H2,1-2H3/b23-15-. The summed E-state index contributed by atoms with van der Waals surface area (Å²) in [5.41, 5.74) is 0.615. The second-order valence-corrected chi connectivity index (χ2v) is 9.63. The molecule has 0 radical (unpaired) electrons. The molecule has 0 saturated carbocycles. The summed E-state index contributed by atoms with van der Waals surface area (Å²) in [6, 6.07) is 17.0. The number of carbonyl (C=O) groups excluding carboxylic acids is 3. The molecule has 3 aromatic rings. The highest BCUT2D eigenvalue weighted by atomic mass is 79.9. The lowest BCUT2D eigenvalue weighted by molar-refractivity contribution is -0.145. The van der Waals surface area contributed by atoms with Crippen LogP contribution in [0, 0.1) is 0 Å². The van der Waals surface area contributed by atoms with Gasteiger partial charge in [-0.1, -0.05) is 36.4 Å². The first-order valence-corrected chi connectivity index (χ1v) is 13.0. The third-order valence-corrected chi connectivity index (χ3v) is 6.88. The van der Waals surface area contributed by atoms with Crippen molar-refractivity contribution in [1.29, 1.82) is 0 Å². The molecule has 37 heavy (non-hydrogen) atoms. The number of benzene rings is 3. The van der Waals surface area contributed by atoms with E-state index in [4.69, 9.17) is 18.9 Å². The zero-order valence-corrected chi connectivity index (χ0v) is 22.6. The fraction of sp³-hybridized carbons (Fsp3) is 0.222. The van der Waals surface area contributed by atoms with Crippen molar-refractivity contribution >= 4 is 61.7 Å². The quantitative estimate of drug-likeness (QED) is 0.222. The van der Waals surface area contributed by atoms with E-state index in [0.29, 0.717) is 27.3 Å². The molecule has 192 valence electrons. The second kappa shape index (κ2) is 12.2. The van der Waals surface area contributed by atoms with Gasteiger partial charge in [0, 0.05) is 5.39 Å². The van der Waals surface area contributed by atoms with E-state index < -0.39 is 11.9 Å². The first kappa shape index (κ1) is 26.6. The predicted octanol–water partition coefficient (Wildman–Crippen LogP) is 5.67. The Labute approximate surface area is 226 Å². The normalized spacial score (nSPS) is 14.4. The Morgan fingerprint density at radius 3 is 2.62 bits per heavy atom. The van der Waals surface area contributed by atoms with Crippen LogP contribution in [0.1, 0.15) is 12.5 Å².